The molecule has 0 radical (unpaired) electrons. The van der Waals surface area contributed by atoms with E-state index in [-0.39, 0.29) is 12.2 Å². The fraction of sp³-hybridized carbons (Fsp3) is 0.118. The number of amides is 3. The average Bonchev–Trinajstić information content (AvgIpc) is 2.87. The van der Waals surface area contributed by atoms with Crippen molar-refractivity contribution in [2.24, 2.45) is 0 Å². The lowest BCUT2D eigenvalue weighted by Gasteiger charge is -2.11. The molecular weight excluding hydrogens is 294 g/mol. The molecule has 0 bridgehead atoms. The number of urea groups is 1. The summed E-state index contributed by atoms with van der Waals surface area (Å²) in [6, 6.07) is 12.7. The SMILES string of the molecule is Nc1ccc(C(=O)c2ccccc2)cc1CC1NC(=O)NC1=O. The number of carbonyl (C=O) groups is 3. The zero-order chi connectivity index (χ0) is 16.4. The number of nitrogens with two attached hydrogens (primary N) is 1. The number of nitrogens with one attached hydrogen (secondary N) is 2. The molecule has 1 aliphatic rings. The second-order valence-electron chi connectivity index (χ2n) is 5.33. The van der Waals surface area contributed by atoms with Crippen LogP contribution in [-0.2, 0) is 11.2 Å². The molecule has 2 aromatic rings. The molecule has 1 atom stereocenters. The van der Waals surface area contributed by atoms with E-state index >= 15 is 0 Å². The van der Waals surface area contributed by atoms with Crippen LogP contribution in [0.2, 0.25) is 0 Å². The highest BCUT2D eigenvalue weighted by molar-refractivity contribution is 6.09. The highest BCUT2D eigenvalue weighted by atomic mass is 16.2. The number of ketones is 1. The van der Waals surface area contributed by atoms with E-state index < -0.39 is 18.0 Å². The number of hydrogen-bond donors (Lipinski definition) is 3. The van der Waals surface area contributed by atoms with Gasteiger partial charge in [-0.05, 0) is 23.8 Å². The van der Waals surface area contributed by atoms with Crippen molar-refractivity contribution >= 4 is 23.4 Å². The molecule has 1 unspecified atom stereocenters. The lowest BCUT2D eigenvalue weighted by atomic mass is 9.97. The summed E-state index contributed by atoms with van der Waals surface area (Å²) in [5.41, 5.74) is 8.12. The van der Waals surface area contributed by atoms with Crippen molar-refractivity contribution in [2.45, 2.75) is 12.5 Å². The van der Waals surface area contributed by atoms with Gasteiger partial charge >= 0.3 is 6.03 Å². The maximum atomic E-state index is 12.5. The van der Waals surface area contributed by atoms with E-state index in [1.54, 1.807) is 42.5 Å². The molecule has 1 fully saturated rings. The predicted molar refractivity (Wildman–Crippen MR) is 84.9 cm³/mol. The van der Waals surface area contributed by atoms with Gasteiger partial charge in [0.2, 0.25) is 0 Å². The Hall–Kier alpha value is -3.15. The van der Waals surface area contributed by atoms with Gasteiger partial charge in [0.1, 0.15) is 6.04 Å². The first-order valence-electron chi connectivity index (χ1n) is 7.14. The monoisotopic (exact) mass is 309 g/mol. The van der Waals surface area contributed by atoms with Crippen LogP contribution in [0, 0.1) is 0 Å². The van der Waals surface area contributed by atoms with E-state index in [2.05, 4.69) is 10.6 Å². The third-order valence-corrected chi connectivity index (χ3v) is 3.72. The molecule has 1 aliphatic heterocycles. The van der Waals surface area contributed by atoms with Gasteiger partial charge in [-0.1, -0.05) is 30.3 Å². The molecule has 6 heteroatoms. The molecule has 116 valence electrons. The summed E-state index contributed by atoms with van der Waals surface area (Å²) in [6.07, 6.45) is 0.235. The summed E-state index contributed by atoms with van der Waals surface area (Å²) in [7, 11) is 0. The minimum atomic E-state index is -0.674. The predicted octanol–water partition coefficient (Wildman–Crippen LogP) is 1.25. The Morgan fingerprint density at radius 2 is 1.78 bits per heavy atom. The Morgan fingerprint density at radius 1 is 1.04 bits per heavy atom. The summed E-state index contributed by atoms with van der Waals surface area (Å²) >= 11 is 0. The average molecular weight is 309 g/mol. The number of benzene rings is 2. The van der Waals surface area contributed by atoms with E-state index in [0.29, 0.717) is 22.4 Å². The highest BCUT2D eigenvalue weighted by Gasteiger charge is 2.30. The molecule has 1 saturated heterocycles. The molecule has 3 rings (SSSR count). The van der Waals surface area contributed by atoms with Crippen molar-refractivity contribution < 1.29 is 14.4 Å². The van der Waals surface area contributed by atoms with Crippen molar-refractivity contribution in [3.05, 3.63) is 65.2 Å². The van der Waals surface area contributed by atoms with Gasteiger partial charge in [-0.15, -0.1) is 0 Å². The van der Waals surface area contributed by atoms with E-state index in [0.717, 1.165) is 0 Å². The third-order valence-electron chi connectivity index (χ3n) is 3.72. The number of imide groups is 1. The van der Waals surface area contributed by atoms with Crippen molar-refractivity contribution in [1.82, 2.24) is 10.6 Å². The van der Waals surface area contributed by atoms with Crippen LogP contribution < -0.4 is 16.4 Å². The van der Waals surface area contributed by atoms with Crippen LogP contribution in [0.4, 0.5) is 10.5 Å². The fourth-order valence-electron chi connectivity index (χ4n) is 2.50. The molecule has 0 aromatic heterocycles. The molecule has 23 heavy (non-hydrogen) atoms. The maximum absolute atomic E-state index is 12.5. The number of rotatable bonds is 4. The second kappa shape index (κ2) is 5.92. The molecule has 1 heterocycles. The summed E-state index contributed by atoms with van der Waals surface area (Å²) < 4.78 is 0. The first-order valence-corrected chi connectivity index (χ1v) is 7.14. The lowest BCUT2D eigenvalue weighted by molar-refractivity contribution is -0.120. The second-order valence-corrected chi connectivity index (χ2v) is 5.33. The standard InChI is InChI=1S/C17H15N3O3/c18-13-7-6-11(15(21)10-4-2-1-3-5-10)8-12(13)9-14-16(22)20-17(23)19-14/h1-8,14H,9,18H2,(H2,19,20,22,23). The van der Waals surface area contributed by atoms with Crippen molar-refractivity contribution in [3.8, 4) is 0 Å². The Balaban J connectivity index is 1.86. The Bertz CT molecular complexity index is 787. The lowest BCUT2D eigenvalue weighted by Crippen LogP contribution is -2.31. The normalized spacial score (nSPS) is 16.8. The Kier molecular flexibility index (Phi) is 3.80. The van der Waals surface area contributed by atoms with Gasteiger partial charge in [0.25, 0.3) is 5.91 Å². The van der Waals surface area contributed by atoms with Crippen LogP contribution in [-0.4, -0.2) is 23.8 Å². The van der Waals surface area contributed by atoms with Crippen molar-refractivity contribution in [3.63, 3.8) is 0 Å². The molecular formula is C17H15N3O3. The number of nitrogen functional groups attached to an aromatic ring is 1. The molecule has 2 aromatic carbocycles. The van der Waals surface area contributed by atoms with Crippen LogP contribution in [0.15, 0.2) is 48.5 Å². The number of carbonyl (C=O) groups excluding carboxylic acids is 3. The summed E-state index contributed by atoms with van der Waals surface area (Å²) in [6.45, 7) is 0. The molecule has 4 N–H and O–H groups in total. The van der Waals surface area contributed by atoms with Gasteiger partial charge in [0.05, 0.1) is 0 Å². The van der Waals surface area contributed by atoms with Crippen LogP contribution in [0.5, 0.6) is 0 Å². The molecule has 0 aliphatic carbocycles. The van der Waals surface area contributed by atoms with Gasteiger partial charge in [-0.3, -0.25) is 14.9 Å². The Morgan fingerprint density at radius 3 is 2.43 bits per heavy atom. The summed E-state index contributed by atoms with van der Waals surface area (Å²) in [5.74, 6) is -0.513. The van der Waals surface area contributed by atoms with Crippen LogP contribution >= 0.6 is 0 Å². The van der Waals surface area contributed by atoms with Gasteiger partial charge in [0.15, 0.2) is 5.78 Å². The third kappa shape index (κ3) is 3.06. The Labute approximate surface area is 132 Å². The van der Waals surface area contributed by atoms with Gasteiger partial charge in [-0.2, -0.15) is 0 Å². The van der Waals surface area contributed by atoms with Gasteiger partial charge in [0, 0.05) is 23.2 Å². The minimum Gasteiger partial charge on any atom is -0.399 e. The smallest absolute Gasteiger partial charge is 0.322 e. The van der Waals surface area contributed by atoms with E-state index in [9.17, 15) is 14.4 Å². The van der Waals surface area contributed by atoms with Gasteiger partial charge in [-0.25, -0.2) is 4.79 Å². The van der Waals surface area contributed by atoms with Crippen molar-refractivity contribution in [1.29, 1.82) is 0 Å². The quantitative estimate of drug-likeness (QED) is 0.449. The molecule has 3 amide bonds. The zero-order valence-corrected chi connectivity index (χ0v) is 12.2. The van der Waals surface area contributed by atoms with Gasteiger partial charge < -0.3 is 11.1 Å². The molecule has 0 saturated carbocycles. The zero-order valence-electron chi connectivity index (χ0n) is 12.2. The fourth-order valence-corrected chi connectivity index (χ4v) is 2.50. The van der Waals surface area contributed by atoms with E-state index in [1.807, 2.05) is 6.07 Å². The van der Waals surface area contributed by atoms with E-state index in [4.69, 9.17) is 5.73 Å². The first-order chi connectivity index (χ1) is 11.0. The van der Waals surface area contributed by atoms with Crippen LogP contribution in [0.25, 0.3) is 0 Å². The van der Waals surface area contributed by atoms with Crippen LogP contribution in [0.1, 0.15) is 21.5 Å². The number of anilines is 1. The summed E-state index contributed by atoms with van der Waals surface area (Å²) in [5, 5.41) is 4.69. The first kappa shape index (κ1) is 14.8. The maximum Gasteiger partial charge on any atom is 0.322 e. The number of hydrogen-bond acceptors (Lipinski definition) is 4. The minimum absolute atomic E-state index is 0.119. The van der Waals surface area contributed by atoms with Crippen molar-refractivity contribution in [2.75, 3.05) is 5.73 Å². The topological polar surface area (TPSA) is 101 Å². The van der Waals surface area contributed by atoms with E-state index in [1.165, 1.54) is 0 Å². The van der Waals surface area contributed by atoms with Crippen LogP contribution in [0.3, 0.4) is 0 Å². The highest BCUT2D eigenvalue weighted by Crippen LogP contribution is 2.19. The summed E-state index contributed by atoms with van der Waals surface area (Å²) in [4.78, 5) is 35.3. The largest absolute Gasteiger partial charge is 0.399 e. The molecule has 0 spiro atoms. The molecule has 6 nitrogen and oxygen atoms in total.